The lowest BCUT2D eigenvalue weighted by atomic mass is 9.80. The van der Waals surface area contributed by atoms with Gasteiger partial charge < -0.3 is 10.5 Å². The summed E-state index contributed by atoms with van der Waals surface area (Å²) in [4.78, 5) is 11.1. The summed E-state index contributed by atoms with van der Waals surface area (Å²) in [7, 11) is 1.24. The van der Waals surface area contributed by atoms with Crippen molar-refractivity contribution in [1.29, 1.82) is 0 Å². The first-order valence-electron chi connectivity index (χ1n) is 4.21. The molecule has 0 spiro atoms. The van der Waals surface area contributed by atoms with Crippen molar-refractivity contribution in [2.75, 3.05) is 7.11 Å². The normalized spacial score (nSPS) is 42.4. The Hall–Kier alpha value is -0.970. The fraction of sp³-hybridized carbons (Fsp3) is 0.667. The fourth-order valence-corrected chi connectivity index (χ4v) is 1.52. The SMILES string of the molecule is COC1(C(N)=O)C=CC(F)C(C)(F)C1. The molecular formula is C9H13F2NO2. The minimum atomic E-state index is -2.13. The maximum absolute atomic E-state index is 13.6. The van der Waals surface area contributed by atoms with E-state index in [0.29, 0.717) is 0 Å². The van der Waals surface area contributed by atoms with Gasteiger partial charge in [-0.3, -0.25) is 4.79 Å². The molecule has 3 atom stereocenters. The van der Waals surface area contributed by atoms with Crippen molar-refractivity contribution in [3.8, 4) is 0 Å². The quantitative estimate of drug-likeness (QED) is 0.680. The second-order valence-electron chi connectivity index (χ2n) is 3.67. The molecule has 0 heterocycles. The van der Waals surface area contributed by atoms with Crippen molar-refractivity contribution in [3.63, 3.8) is 0 Å². The minimum absolute atomic E-state index is 0.399. The highest BCUT2D eigenvalue weighted by Crippen LogP contribution is 2.37. The summed E-state index contributed by atoms with van der Waals surface area (Å²) in [5, 5.41) is 0. The zero-order valence-corrected chi connectivity index (χ0v) is 8.09. The van der Waals surface area contributed by atoms with Crippen LogP contribution in [-0.4, -0.2) is 30.5 Å². The van der Waals surface area contributed by atoms with E-state index in [2.05, 4.69) is 0 Å². The Balaban J connectivity index is 3.05. The van der Waals surface area contributed by atoms with Gasteiger partial charge in [0.2, 0.25) is 0 Å². The number of methoxy groups -OCH3 is 1. The Bertz CT molecular complexity index is 278. The lowest BCUT2D eigenvalue weighted by molar-refractivity contribution is -0.141. The molecule has 3 nitrogen and oxygen atoms in total. The molecule has 0 fully saturated rings. The van der Waals surface area contributed by atoms with E-state index >= 15 is 0 Å². The highest BCUT2D eigenvalue weighted by Gasteiger charge is 2.49. The third kappa shape index (κ3) is 1.64. The van der Waals surface area contributed by atoms with E-state index in [1.165, 1.54) is 13.2 Å². The fourth-order valence-electron chi connectivity index (χ4n) is 1.52. The zero-order valence-electron chi connectivity index (χ0n) is 8.09. The second kappa shape index (κ2) is 3.31. The summed E-state index contributed by atoms with van der Waals surface area (Å²) in [6.07, 6.45) is 0.0212. The highest BCUT2D eigenvalue weighted by atomic mass is 19.2. The number of carbonyl (C=O) groups is 1. The molecule has 1 rings (SSSR count). The summed E-state index contributed by atoms with van der Waals surface area (Å²) in [5.41, 5.74) is 1.43. The number of rotatable bonds is 2. The third-order valence-corrected chi connectivity index (χ3v) is 2.50. The third-order valence-electron chi connectivity index (χ3n) is 2.50. The monoisotopic (exact) mass is 205 g/mol. The number of primary amides is 1. The van der Waals surface area contributed by atoms with Crippen molar-refractivity contribution >= 4 is 5.91 Å². The van der Waals surface area contributed by atoms with Gasteiger partial charge in [-0.15, -0.1) is 0 Å². The van der Waals surface area contributed by atoms with Crippen LogP contribution in [0.4, 0.5) is 8.78 Å². The summed E-state index contributed by atoms with van der Waals surface area (Å²) in [6, 6.07) is 0. The van der Waals surface area contributed by atoms with Gasteiger partial charge in [0.1, 0.15) is 5.67 Å². The molecule has 1 aliphatic rings. The topological polar surface area (TPSA) is 52.3 Å². The van der Waals surface area contributed by atoms with Gasteiger partial charge in [-0.05, 0) is 19.1 Å². The van der Waals surface area contributed by atoms with Crippen LogP contribution in [0.25, 0.3) is 0 Å². The van der Waals surface area contributed by atoms with Gasteiger partial charge in [-0.25, -0.2) is 8.78 Å². The first-order valence-corrected chi connectivity index (χ1v) is 4.21. The van der Waals surface area contributed by atoms with Crippen molar-refractivity contribution in [2.45, 2.75) is 30.8 Å². The molecule has 14 heavy (non-hydrogen) atoms. The van der Waals surface area contributed by atoms with E-state index in [-0.39, 0.29) is 0 Å². The van der Waals surface area contributed by atoms with E-state index in [4.69, 9.17) is 10.5 Å². The van der Waals surface area contributed by atoms with E-state index in [9.17, 15) is 13.6 Å². The van der Waals surface area contributed by atoms with Crippen LogP contribution in [0.15, 0.2) is 12.2 Å². The molecule has 0 radical (unpaired) electrons. The van der Waals surface area contributed by atoms with Crippen molar-refractivity contribution in [1.82, 2.24) is 0 Å². The molecule has 0 aromatic heterocycles. The van der Waals surface area contributed by atoms with Crippen LogP contribution in [0, 0.1) is 0 Å². The van der Waals surface area contributed by atoms with Gasteiger partial charge >= 0.3 is 0 Å². The summed E-state index contributed by atoms with van der Waals surface area (Å²) in [6.45, 7) is 1.08. The van der Waals surface area contributed by atoms with Crippen LogP contribution in [0.2, 0.25) is 0 Å². The Kier molecular flexibility index (Phi) is 2.63. The van der Waals surface area contributed by atoms with E-state index < -0.39 is 29.8 Å². The molecule has 0 aliphatic heterocycles. The number of nitrogens with two attached hydrogens (primary N) is 1. The number of halogens is 2. The van der Waals surface area contributed by atoms with Crippen LogP contribution in [0.1, 0.15) is 13.3 Å². The Labute approximate surface area is 80.9 Å². The molecule has 0 aromatic rings. The number of carbonyl (C=O) groups excluding carboxylic acids is 1. The predicted octanol–water partition coefficient (Wildman–Crippen LogP) is 0.883. The standard InChI is InChI=1S/C9H13F2NO2/c1-8(11)5-9(14-2,7(12)13)4-3-6(8)10/h3-4,6H,5H2,1-2H3,(H2,12,13). The number of hydrogen-bond donors (Lipinski definition) is 1. The molecule has 1 amide bonds. The van der Waals surface area contributed by atoms with Crippen LogP contribution < -0.4 is 5.73 Å². The Morgan fingerprint density at radius 2 is 2.29 bits per heavy atom. The van der Waals surface area contributed by atoms with Crippen molar-refractivity contribution in [2.24, 2.45) is 5.73 Å². The molecule has 0 bridgehead atoms. The molecule has 80 valence electrons. The van der Waals surface area contributed by atoms with E-state index in [1.54, 1.807) is 0 Å². The predicted molar refractivity (Wildman–Crippen MR) is 47.1 cm³/mol. The zero-order chi connectivity index (χ0) is 11.0. The molecule has 3 unspecified atom stereocenters. The lowest BCUT2D eigenvalue weighted by Crippen LogP contribution is -2.53. The van der Waals surface area contributed by atoms with Gasteiger partial charge in [0.25, 0.3) is 5.91 Å². The maximum atomic E-state index is 13.6. The van der Waals surface area contributed by atoms with Crippen LogP contribution >= 0.6 is 0 Å². The Morgan fingerprint density at radius 1 is 1.71 bits per heavy atom. The number of ether oxygens (including phenoxy) is 1. The summed E-state index contributed by atoms with van der Waals surface area (Å²) < 4.78 is 31.5. The van der Waals surface area contributed by atoms with Gasteiger partial charge in [0, 0.05) is 13.5 Å². The van der Waals surface area contributed by atoms with Crippen LogP contribution in [0.5, 0.6) is 0 Å². The van der Waals surface area contributed by atoms with Gasteiger partial charge in [-0.2, -0.15) is 0 Å². The number of amides is 1. The minimum Gasteiger partial charge on any atom is -0.367 e. The second-order valence-corrected chi connectivity index (χ2v) is 3.67. The van der Waals surface area contributed by atoms with Gasteiger partial charge in [0.05, 0.1) is 0 Å². The van der Waals surface area contributed by atoms with Crippen LogP contribution in [0.3, 0.4) is 0 Å². The number of hydrogen-bond acceptors (Lipinski definition) is 2. The van der Waals surface area contributed by atoms with Gasteiger partial charge in [0.15, 0.2) is 11.8 Å². The molecule has 5 heteroatoms. The number of allylic oxidation sites excluding steroid dienone is 1. The van der Waals surface area contributed by atoms with Crippen LogP contribution in [-0.2, 0) is 9.53 Å². The largest absolute Gasteiger partial charge is 0.367 e. The summed E-state index contributed by atoms with van der Waals surface area (Å²) >= 11 is 0. The Morgan fingerprint density at radius 3 is 2.64 bits per heavy atom. The molecule has 2 N–H and O–H groups in total. The van der Waals surface area contributed by atoms with E-state index in [1.807, 2.05) is 0 Å². The molecule has 0 aromatic carbocycles. The van der Waals surface area contributed by atoms with Crippen molar-refractivity contribution in [3.05, 3.63) is 12.2 Å². The summed E-state index contributed by atoms with van der Waals surface area (Å²) in [5.74, 6) is -0.813. The molecule has 1 aliphatic carbocycles. The maximum Gasteiger partial charge on any atom is 0.253 e. The molecular weight excluding hydrogens is 192 g/mol. The smallest absolute Gasteiger partial charge is 0.253 e. The van der Waals surface area contributed by atoms with E-state index in [0.717, 1.165) is 13.0 Å². The van der Waals surface area contributed by atoms with Gasteiger partial charge in [-0.1, -0.05) is 0 Å². The average molecular weight is 205 g/mol. The first kappa shape index (κ1) is 11.1. The first-order chi connectivity index (χ1) is 6.34. The molecule has 0 saturated carbocycles. The van der Waals surface area contributed by atoms with Crippen molar-refractivity contribution < 1.29 is 18.3 Å². The molecule has 0 saturated heterocycles. The number of alkyl halides is 2. The average Bonchev–Trinajstić information content (AvgIpc) is 2.09. The lowest BCUT2D eigenvalue weighted by Gasteiger charge is -2.36. The highest BCUT2D eigenvalue weighted by molar-refractivity contribution is 5.86.